The molecule has 0 aromatic carbocycles. The van der Waals surface area contributed by atoms with Crippen molar-refractivity contribution in [3.05, 3.63) is 32.3 Å². The third-order valence-electron chi connectivity index (χ3n) is 2.12. The summed E-state index contributed by atoms with van der Waals surface area (Å²) in [6, 6.07) is 1.91. The topological polar surface area (TPSA) is 52.1 Å². The van der Waals surface area contributed by atoms with Crippen molar-refractivity contribution in [2.75, 3.05) is 7.11 Å². The van der Waals surface area contributed by atoms with Crippen LogP contribution in [0.25, 0.3) is 10.7 Å². The number of rotatable bonds is 3. The van der Waals surface area contributed by atoms with Crippen molar-refractivity contribution in [2.24, 2.45) is 0 Å². The lowest BCUT2D eigenvalue weighted by atomic mass is 10.3. The maximum absolute atomic E-state index is 11.1. The molecular formula is C11H8Br2N2O2S. The van der Waals surface area contributed by atoms with Crippen LogP contribution >= 0.6 is 43.2 Å². The lowest BCUT2D eigenvalue weighted by molar-refractivity contribution is -0.139. The van der Waals surface area contributed by atoms with Gasteiger partial charge in [-0.3, -0.25) is 9.78 Å². The fraction of sp³-hybridized carbons (Fsp3) is 0.182. The number of aromatic nitrogens is 2. The maximum Gasteiger partial charge on any atom is 0.311 e. The number of nitrogens with zero attached hydrogens (tertiary/aromatic N) is 2. The molecular weight excluding hydrogens is 384 g/mol. The van der Waals surface area contributed by atoms with Crippen LogP contribution in [0.3, 0.4) is 0 Å². The summed E-state index contributed by atoms with van der Waals surface area (Å²) >= 11 is 8.23. The molecule has 94 valence electrons. The molecule has 0 N–H and O–H groups in total. The highest BCUT2D eigenvalue weighted by Gasteiger charge is 2.12. The van der Waals surface area contributed by atoms with E-state index in [1.54, 1.807) is 6.20 Å². The van der Waals surface area contributed by atoms with Gasteiger partial charge in [-0.15, -0.1) is 11.3 Å². The van der Waals surface area contributed by atoms with Crippen molar-refractivity contribution in [1.82, 2.24) is 9.97 Å². The van der Waals surface area contributed by atoms with E-state index in [2.05, 4.69) is 46.6 Å². The van der Waals surface area contributed by atoms with Crippen molar-refractivity contribution >= 4 is 49.2 Å². The monoisotopic (exact) mass is 390 g/mol. The number of carbonyl (C=O) groups is 1. The molecule has 2 aromatic heterocycles. The zero-order valence-corrected chi connectivity index (χ0v) is 13.3. The molecule has 0 aliphatic heterocycles. The summed E-state index contributed by atoms with van der Waals surface area (Å²) < 4.78 is 6.35. The van der Waals surface area contributed by atoms with Gasteiger partial charge in [0.05, 0.1) is 19.2 Å². The quantitative estimate of drug-likeness (QED) is 0.752. The third kappa shape index (κ3) is 3.15. The number of hydrogen-bond donors (Lipinski definition) is 0. The summed E-state index contributed by atoms with van der Waals surface area (Å²) in [6.45, 7) is 0. The van der Waals surface area contributed by atoms with Crippen molar-refractivity contribution in [3.63, 3.8) is 0 Å². The Bertz CT molecular complexity index is 586. The van der Waals surface area contributed by atoms with Gasteiger partial charge < -0.3 is 4.74 Å². The first-order valence-electron chi connectivity index (χ1n) is 4.93. The number of esters is 1. The lowest BCUT2D eigenvalue weighted by Crippen LogP contribution is -2.04. The average Bonchev–Trinajstić information content (AvgIpc) is 2.77. The van der Waals surface area contributed by atoms with Gasteiger partial charge >= 0.3 is 5.97 Å². The fourth-order valence-corrected chi connectivity index (χ4v) is 3.42. The molecule has 4 nitrogen and oxygen atoms in total. The second-order valence-corrected chi connectivity index (χ2v) is 6.01. The fourth-order valence-electron chi connectivity index (χ4n) is 1.29. The number of halogens is 2. The van der Waals surface area contributed by atoms with Gasteiger partial charge in [-0.25, -0.2) is 4.98 Å². The SMILES string of the molecule is COC(=O)Cc1csc(-c2ncc(Br)cc2Br)n1. The number of hydrogen-bond acceptors (Lipinski definition) is 5. The predicted molar refractivity (Wildman–Crippen MR) is 76.5 cm³/mol. The van der Waals surface area contributed by atoms with E-state index < -0.39 is 0 Å². The smallest absolute Gasteiger partial charge is 0.311 e. The molecule has 0 aliphatic rings. The van der Waals surface area contributed by atoms with Gasteiger partial charge in [-0.1, -0.05) is 0 Å². The van der Waals surface area contributed by atoms with Crippen LogP contribution in [0.4, 0.5) is 0 Å². The van der Waals surface area contributed by atoms with Crippen LogP contribution in [0.15, 0.2) is 26.6 Å². The molecule has 0 spiro atoms. The predicted octanol–water partition coefficient (Wildman–Crippen LogP) is 3.45. The van der Waals surface area contributed by atoms with E-state index in [-0.39, 0.29) is 12.4 Å². The first kappa shape index (κ1) is 13.6. The molecule has 2 heterocycles. The van der Waals surface area contributed by atoms with Crippen molar-refractivity contribution in [1.29, 1.82) is 0 Å². The van der Waals surface area contributed by atoms with Crippen LogP contribution in [0.1, 0.15) is 5.69 Å². The number of ether oxygens (including phenoxy) is 1. The Labute approximate surface area is 125 Å². The minimum atomic E-state index is -0.297. The number of thiazole rings is 1. The van der Waals surface area contributed by atoms with Gasteiger partial charge in [0, 0.05) is 20.5 Å². The van der Waals surface area contributed by atoms with E-state index in [1.165, 1.54) is 18.4 Å². The maximum atomic E-state index is 11.1. The molecule has 2 rings (SSSR count). The molecule has 0 fully saturated rings. The van der Waals surface area contributed by atoms with E-state index in [0.717, 1.165) is 19.6 Å². The van der Waals surface area contributed by atoms with Gasteiger partial charge in [-0.05, 0) is 37.9 Å². The normalized spacial score (nSPS) is 10.4. The second kappa shape index (κ2) is 5.90. The molecule has 0 unspecified atom stereocenters. The van der Waals surface area contributed by atoms with Gasteiger partial charge in [0.2, 0.25) is 0 Å². The van der Waals surface area contributed by atoms with E-state index in [0.29, 0.717) is 5.69 Å². The summed E-state index contributed by atoms with van der Waals surface area (Å²) in [7, 11) is 1.36. The summed E-state index contributed by atoms with van der Waals surface area (Å²) in [4.78, 5) is 19.8. The van der Waals surface area contributed by atoms with E-state index in [4.69, 9.17) is 0 Å². The number of methoxy groups -OCH3 is 1. The summed E-state index contributed by atoms with van der Waals surface area (Å²) in [6.07, 6.45) is 1.89. The first-order chi connectivity index (χ1) is 8.60. The van der Waals surface area contributed by atoms with Crippen molar-refractivity contribution in [2.45, 2.75) is 6.42 Å². The largest absolute Gasteiger partial charge is 0.469 e. The Morgan fingerprint density at radius 1 is 1.50 bits per heavy atom. The highest BCUT2D eigenvalue weighted by molar-refractivity contribution is 9.11. The highest BCUT2D eigenvalue weighted by Crippen LogP contribution is 2.30. The average molecular weight is 392 g/mol. The molecule has 0 atom stereocenters. The minimum absolute atomic E-state index is 0.182. The Morgan fingerprint density at radius 2 is 2.28 bits per heavy atom. The Hall–Kier alpha value is -0.790. The molecule has 0 saturated carbocycles. The van der Waals surface area contributed by atoms with Crippen molar-refractivity contribution < 1.29 is 9.53 Å². The summed E-state index contributed by atoms with van der Waals surface area (Å²) in [5.41, 5.74) is 1.46. The van der Waals surface area contributed by atoms with Gasteiger partial charge in [0.15, 0.2) is 0 Å². The molecule has 0 radical (unpaired) electrons. The molecule has 0 saturated heterocycles. The standard InChI is InChI=1S/C11H8Br2N2O2S/c1-17-9(16)3-7-5-18-11(15-7)10-8(13)2-6(12)4-14-10/h2,4-5H,3H2,1H3. The van der Waals surface area contributed by atoms with Crippen LogP contribution in [-0.4, -0.2) is 23.0 Å². The Kier molecular flexibility index (Phi) is 4.47. The summed E-state index contributed by atoms with van der Waals surface area (Å²) in [5.74, 6) is -0.297. The third-order valence-corrected chi connectivity index (χ3v) is 4.05. The van der Waals surface area contributed by atoms with Gasteiger partial charge in [-0.2, -0.15) is 0 Å². The lowest BCUT2D eigenvalue weighted by Gasteiger charge is -1.99. The molecule has 18 heavy (non-hydrogen) atoms. The van der Waals surface area contributed by atoms with Crippen molar-refractivity contribution in [3.8, 4) is 10.7 Å². The second-order valence-electron chi connectivity index (χ2n) is 3.38. The molecule has 2 aromatic rings. The van der Waals surface area contributed by atoms with Gasteiger partial charge in [0.25, 0.3) is 0 Å². The van der Waals surface area contributed by atoms with E-state index >= 15 is 0 Å². The van der Waals surface area contributed by atoms with Crippen LogP contribution in [-0.2, 0) is 16.0 Å². The summed E-state index contributed by atoms with van der Waals surface area (Å²) in [5, 5.41) is 2.61. The molecule has 0 amide bonds. The zero-order chi connectivity index (χ0) is 13.1. The highest BCUT2D eigenvalue weighted by atomic mass is 79.9. The van der Waals surface area contributed by atoms with Crippen LogP contribution in [0, 0.1) is 0 Å². The number of pyridine rings is 1. The van der Waals surface area contributed by atoms with Crippen LogP contribution in [0.5, 0.6) is 0 Å². The van der Waals surface area contributed by atoms with Crippen LogP contribution in [0.2, 0.25) is 0 Å². The Balaban J connectivity index is 2.26. The molecule has 7 heteroatoms. The number of carbonyl (C=O) groups excluding carboxylic acids is 1. The molecule has 0 aliphatic carbocycles. The van der Waals surface area contributed by atoms with E-state index in [1.807, 2.05) is 11.4 Å². The first-order valence-corrected chi connectivity index (χ1v) is 7.39. The zero-order valence-electron chi connectivity index (χ0n) is 9.31. The molecule has 0 bridgehead atoms. The van der Waals surface area contributed by atoms with Gasteiger partial charge in [0.1, 0.15) is 10.7 Å². The van der Waals surface area contributed by atoms with Crippen LogP contribution < -0.4 is 0 Å². The Morgan fingerprint density at radius 3 is 2.94 bits per heavy atom. The van der Waals surface area contributed by atoms with E-state index in [9.17, 15) is 4.79 Å². The minimum Gasteiger partial charge on any atom is -0.469 e.